The molecule has 0 saturated carbocycles. The van der Waals surface area contributed by atoms with Gasteiger partial charge in [0.05, 0.1) is 42.6 Å². The standard InChI is InChI=1S/C27H35N5O3SSi/c1-33-22-7-5-20(6-8-22)16-35-17-21(9-11-28)27-29-15-24(36-27)25-23-10-12-32(26(23)31-18-30-25)19-34-13-14-37(2,3)4/h5-8,10,12,15,18,21,25H,9,13-14,16-17,19H2,1-4H3,(H,30,31). The van der Waals surface area contributed by atoms with E-state index >= 15 is 0 Å². The summed E-state index contributed by atoms with van der Waals surface area (Å²) in [5.41, 5.74) is 2.15. The molecule has 8 nitrogen and oxygen atoms in total. The van der Waals surface area contributed by atoms with E-state index in [0.717, 1.165) is 45.2 Å². The number of fused-ring (bicyclic) bond motifs is 1. The summed E-state index contributed by atoms with van der Waals surface area (Å²) in [5.74, 6) is 1.73. The lowest BCUT2D eigenvalue weighted by molar-refractivity contribution is 0.0888. The molecule has 1 N–H and O–H groups in total. The number of hydrogen-bond donors (Lipinski definition) is 1. The molecular weight excluding hydrogens is 502 g/mol. The van der Waals surface area contributed by atoms with Gasteiger partial charge in [0.1, 0.15) is 24.3 Å². The number of anilines is 1. The van der Waals surface area contributed by atoms with E-state index in [2.05, 4.69) is 46.6 Å². The number of methoxy groups -OCH3 is 1. The Hall–Kier alpha value is -2.97. The van der Waals surface area contributed by atoms with Crippen molar-refractivity contribution >= 4 is 31.6 Å². The summed E-state index contributed by atoms with van der Waals surface area (Å²) in [6.45, 7) is 9.25. The van der Waals surface area contributed by atoms with Crippen LogP contribution in [-0.2, 0) is 22.8 Å². The molecule has 2 atom stereocenters. The molecule has 2 unspecified atom stereocenters. The van der Waals surface area contributed by atoms with Gasteiger partial charge >= 0.3 is 0 Å². The SMILES string of the molecule is COc1ccc(COCC(CC#N)c2ncc(C3N=CNc4c3ccn4COCC[Si](C)(C)C)s2)cc1. The number of hydrogen-bond acceptors (Lipinski definition) is 8. The lowest BCUT2D eigenvalue weighted by Gasteiger charge is -2.20. The molecule has 3 aromatic rings. The fourth-order valence-electron chi connectivity index (χ4n) is 3.99. The molecule has 0 aliphatic carbocycles. The van der Waals surface area contributed by atoms with Gasteiger partial charge in [-0.15, -0.1) is 11.3 Å². The monoisotopic (exact) mass is 537 g/mol. The number of benzene rings is 1. The maximum absolute atomic E-state index is 9.41. The zero-order chi connectivity index (χ0) is 26.3. The second-order valence-electron chi connectivity index (χ2n) is 10.3. The van der Waals surface area contributed by atoms with E-state index < -0.39 is 8.07 Å². The van der Waals surface area contributed by atoms with E-state index in [9.17, 15) is 5.26 Å². The van der Waals surface area contributed by atoms with Crippen molar-refractivity contribution in [2.45, 2.75) is 57.4 Å². The lowest BCUT2D eigenvalue weighted by atomic mass is 10.1. The molecule has 2 aromatic heterocycles. The van der Waals surface area contributed by atoms with Crippen molar-refractivity contribution < 1.29 is 14.2 Å². The minimum absolute atomic E-state index is 0.0865. The van der Waals surface area contributed by atoms with E-state index in [1.807, 2.05) is 36.7 Å². The van der Waals surface area contributed by atoms with Gasteiger partial charge in [0, 0.05) is 45.0 Å². The molecule has 0 amide bonds. The predicted molar refractivity (Wildman–Crippen MR) is 150 cm³/mol. The Kier molecular flexibility index (Phi) is 9.16. The summed E-state index contributed by atoms with van der Waals surface area (Å²) in [5, 5.41) is 13.6. The Labute approximate surface area is 223 Å². The number of ether oxygens (including phenoxy) is 3. The van der Waals surface area contributed by atoms with Gasteiger partial charge in [-0.25, -0.2) is 4.98 Å². The van der Waals surface area contributed by atoms with Crippen LogP contribution in [0.25, 0.3) is 0 Å². The summed E-state index contributed by atoms with van der Waals surface area (Å²) < 4.78 is 19.2. The summed E-state index contributed by atoms with van der Waals surface area (Å²) in [6, 6.07) is 13.2. The third-order valence-electron chi connectivity index (χ3n) is 6.19. The lowest BCUT2D eigenvalue weighted by Crippen LogP contribution is -2.22. The number of nitrogens with zero attached hydrogens (tertiary/aromatic N) is 4. The van der Waals surface area contributed by atoms with Crippen LogP contribution in [0.1, 0.15) is 39.4 Å². The minimum atomic E-state index is -1.12. The number of rotatable bonds is 13. The van der Waals surface area contributed by atoms with Crippen molar-refractivity contribution in [3.63, 3.8) is 0 Å². The van der Waals surface area contributed by atoms with Crippen LogP contribution in [0.2, 0.25) is 25.7 Å². The Morgan fingerprint density at radius 1 is 1.19 bits per heavy atom. The van der Waals surface area contributed by atoms with Crippen LogP contribution in [-0.4, -0.2) is 44.3 Å². The molecule has 1 aliphatic rings. The van der Waals surface area contributed by atoms with Crippen molar-refractivity contribution in [1.29, 1.82) is 5.26 Å². The maximum atomic E-state index is 9.41. The molecule has 196 valence electrons. The largest absolute Gasteiger partial charge is 0.497 e. The number of nitriles is 1. The first-order valence-corrected chi connectivity index (χ1v) is 17.0. The molecular formula is C27H35N5O3SSi. The second kappa shape index (κ2) is 12.5. The van der Waals surface area contributed by atoms with Gasteiger partial charge in [-0.1, -0.05) is 31.8 Å². The Morgan fingerprint density at radius 2 is 2.00 bits per heavy atom. The fourth-order valence-corrected chi connectivity index (χ4v) is 5.82. The number of thiazole rings is 1. The highest BCUT2D eigenvalue weighted by atomic mass is 32.1. The average molecular weight is 538 g/mol. The first-order valence-electron chi connectivity index (χ1n) is 12.5. The molecule has 4 rings (SSSR count). The van der Waals surface area contributed by atoms with Gasteiger partial charge in [-0.05, 0) is 29.8 Å². The van der Waals surface area contributed by atoms with E-state index in [1.165, 1.54) is 0 Å². The van der Waals surface area contributed by atoms with Gasteiger partial charge in [-0.3, -0.25) is 4.99 Å². The van der Waals surface area contributed by atoms with E-state index in [1.54, 1.807) is 24.8 Å². The molecule has 0 fully saturated rings. The van der Waals surface area contributed by atoms with Crippen LogP contribution in [0.5, 0.6) is 5.75 Å². The van der Waals surface area contributed by atoms with Gasteiger partial charge in [0.2, 0.25) is 0 Å². The zero-order valence-corrected chi connectivity index (χ0v) is 23.8. The molecule has 1 aliphatic heterocycles. The number of aromatic nitrogens is 2. The van der Waals surface area contributed by atoms with E-state index in [0.29, 0.717) is 26.4 Å². The highest BCUT2D eigenvalue weighted by Crippen LogP contribution is 2.38. The van der Waals surface area contributed by atoms with Crippen molar-refractivity contribution in [2.24, 2.45) is 4.99 Å². The summed E-state index contributed by atoms with van der Waals surface area (Å²) in [4.78, 5) is 10.4. The average Bonchev–Trinajstić information content (AvgIpc) is 3.54. The highest BCUT2D eigenvalue weighted by molar-refractivity contribution is 7.11. The van der Waals surface area contributed by atoms with Crippen molar-refractivity contribution in [3.05, 3.63) is 63.7 Å². The molecule has 37 heavy (non-hydrogen) atoms. The number of nitrogens with one attached hydrogen (secondary N) is 1. The first kappa shape index (κ1) is 27.1. The zero-order valence-electron chi connectivity index (χ0n) is 21.9. The van der Waals surface area contributed by atoms with Crippen LogP contribution in [0, 0.1) is 11.3 Å². The molecule has 10 heteroatoms. The normalized spacial score (nSPS) is 15.6. The molecule has 1 aromatic carbocycles. The first-order chi connectivity index (χ1) is 17.9. The molecule has 0 spiro atoms. The Morgan fingerprint density at radius 3 is 2.73 bits per heavy atom. The summed E-state index contributed by atoms with van der Waals surface area (Å²) in [6.07, 6.45) is 6.02. The highest BCUT2D eigenvalue weighted by Gasteiger charge is 2.26. The summed E-state index contributed by atoms with van der Waals surface area (Å²) in [7, 11) is 0.533. The van der Waals surface area contributed by atoms with Gasteiger partial charge in [-0.2, -0.15) is 5.26 Å². The van der Waals surface area contributed by atoms with Crippen molar-refractivity contribution in [3.8, 4) is 11.8 Å². The molecule has 3 heterocycles. The van der Waals surface area contributed by atoms with Crippen molar-refractivity contribution in [1.82, 2.24) is 9.55 Å². The number of aliphatic imine (C=N–C) groups is 1. The second-order valence-corrected chi connectivity index (χ2v) is 17.0. The Balaban J connectivity index is 1.38. The van der Waals surface area contributed by atoms with E-state index in [4.69, 9.17) is 19.2 Å². The van der Waals surface area contributed by atoms with Gasteiger partial charge in [0.15, 0.2) is 0 Å². The minimum Gasteiger partial charge on any atom is -0.497 e. The van der Waals surface area contributed by atoms with E-state index in [-0.39, 0.29) is 12.0 Å². The third kappa shape index (κ3) is 7.29. The fraction of sp³-hybridized carbons (Fsp3) is 0.444. The Bertz CT molecular complexity index is 1230. The maximum Gasteiger partial charge on any atom is 0.124 e. The van der Waals surface area contributed by atoms with Crippen LogP contribution in [0.3, 0.4) is 0 Å². The van der Waals surface area contributed by atoms with Crippen molar-refractivity contribution in [2.75, 3.05) is 25.6 Å². The molecule has 0 bridgehead atoms. The predicted octanol–water partition coefficient (Wildman–Crippen LogP) is 6.02. The van der Waals surface area contributed by atoms with Crippen LogP contribution >= 0.6 is 11.3 Å². The molecule has 0 saturated heterocycles. The van der Waals surface area contributed by atoms with Crippen LogP contribution in [0.15, 0.2) is 47.7 Å². The van der Waals surface area contributed by atoms with Gasteiger partial charge in [0.25, 0.3) is 0 Å². The van der Waals surface area contributed by atoms with Crippen LogP contribution < -0.4 is 10.1 Å². The van der Waals surface area contributed by atoms with Crippen LogP contribution in [0.4, 0.5) is 5.82 Å². The summed E-state index contributed by atoms with van der Waals surface area (Å²) >= 11 is 1.60. The molecule has 0 radical (unpaired) electrons. The third-order valence-corrected chi connectivity index (χ3v) is 9.10. The quantitative estimate of drug-likeness (QED) is 0.212. The smallest absolute Gasteiger partial charge is 0.124 e. The topological polar surface area (TPSA) is 93.7 Å². The van der Waals surface area contributed by atoms with Gasteiger partial charge < -0.3 is 24.1 Å².